The molecule has 1 amide bonds. The molecule has 162 valence electrons. The molecular weight excluding hydrogens is 428 g/mol. The standard InChI is InChI=1S/C23H21ClN6O2/c24-17-4-2-1-3-16(17)19-5-6-20-22(29-19)23(32)30(13-27-20)12-21(31)26-11-15-9-14-10-25-8-7-18(14)28-15/h1-4,7-10,13,19,28-29H,5-6,11-12H2,(H,26,31). The van der Waals surface area contributed by atoms with Crippen LogP contribution in [-0.2, 0) is 24.3 Å². The number of aryl methyl sites for hydroxylation is 1. The van der Waals surface area contributed by atoms with Gasteiger partial charge in [0.25, 0.3) is 5.56 Å². The van der Waals surface area contributed by atoms with E-state index < -0.39 is 0 Å². The maximum absolute atomic E-state index is 13.0. The summed E-state index contributed by atoms with van der Waals surface area (Å²) >= 11 is 6.34. The van der Waals surface area contributed by atoms with Crippen molar-refractivity contribution in [2.45, 2.75) is 32.0 Å². The van der Waals surface area contributed by atoms with Crippen LogP contribution in [0.3, 0.4) is 0 Å². The number of anilines is 1. The fourth-order valence-corrected chi connectivity index (χ4v) is 4.29. The van der Waals surface area contributed by atoms with Crippen molar-refractivity contribution in [2.24, 2.45) is 0 Å². The zero-order chi connectivity index (χ0) is 22.1. The Kier molecular flexibility index (Phi) is 5.36. The van der Waals surface area contributed by atoms with Crippen molar-refractivity contribution in [1.82, 2.24) is 24.8 Å². The van der Waals surface area contributed by atoms with Crippen LogP contribution >= 0.6 is 11.6 Å². The maximum Gasteiger partial charge on any atom is 0.277 e. The zero-order valence-electron chi connectivity index (χ0n) is 17.1. The number of amides is 1. The van der Waals surface area contributed by atoms with Gasteiger partial charge in [-0.1, -0.05) is 29.8 Å². The summed E-state index contributed by atoms with van der Waals surface area (Å²) in [7, 11) is 0. The molecule has 0 aliphatic carbocycles. The normalized spacial score (nSPS) is 15.2. The van der Waals surface area contributed by atoms with E-state index in [0.717, 1.165) is 28.6 Å². The topological polar surface area (TPSA) is 105 Å². The molecule has 0 saturated carbocycles. The van der Waals surface area contributed by atoms with Gasteiger partial charge in [0.2, 0.25) is 5.91 Å². The van der Waals surface area contributed by atoms with Crippen molar-refractivity contribution >= 4 is 34.1 Å². The molecule has 4 heterocycles. The third-order valence-electron chi connectivity index (χ3n) is 5.65. The number of aromatic nitrogens is 4. The minimum absolute atomic E-state index is 0.0770. The van der Waals surface area contributed by atoms with Gasteiger partial charge in [0.1, 0.15) is 12.2 Å². The summed E-state index contributed by atoms with van der Waals surface area (Å²) in [6.07, 6.45) is 6.36. The third kappa shape index (κ3) is 3.97. The predicted molar refractivity (Wildman–Crippen MR) is 123 cm³/mol. The number of nitrogens with one attached hydrogen (secondary N) is 3. The second-order valence-electron chi connectivity index (χ2n) is 7.79. The number of benzene rings is 1. The molecule has 4 aromatic rings. The molecule has 0 radical (unpaired) electrons. The molecule has 1 aliphatic rings. The van der Waals surface area contributed by atoms with Crippen molar-refractivity contribution in [2.75, 3.05) is 5.32 Å². The van der Waals surface area contributed by atoms with E-state index in [1.807, 2.05) is 36.4 Å². The van der Waals surface area contributed by atoms with E-state index in [-0.39, 0.29) is 24.1 Å². The fraction of sp³-hybridized carbons (Fsp3) is 0.217. The molecule has 1 aliphatic heterocycles. The van der Waals surface area contributed by atoms with Gasteiger partial charge in [-0.3, -0.25) is 19.1 Å². The smallest absolute Gasteiger partial charge is 0.277 e. The molecule has 0 saturated heterocycles. The monoisotopic (exact) mass is 448 g/mol. The Morgan fingerprint density at radius 3 is 3.00 bits per heavy atom. The largest absolute Gasteiger partial charge is 0.372 e. The Bertz CT molecular complexity index is 1330. The number of carbonyl (C=O) groups is 1. The summed E-state index contributed by atoms with van der Waals surface area (Å²) < 4.78 is 1.32. The average molecular weight is 449 g/mol. The van der Waals surface area contributed by atoms with E-state index in [9.17, 15) is 9.59 Å². The SMILES string of the molecule is O=C(Cn1cnc2c(c1=O)NC(c1ccccc1Cl)CC2)NCc1cc2cnccc2[nH]1. The molecule has 1 unspecified atom stereocenters. The Morgan fingerprint density at radius 1 is 1.28 bits per heavy atom. The van der Waals surface area contributed by atoms with Gasteiger partial charge in [0, 0.05) is 34.0 Å². The van der Waals surface area contributed by atoms with Crippen molar-refractivity contribution in [3.63, 3.8) is 0 Å². The van der Waals surface area contributed by atoms with Crippen LogP contribution in [0.4, 0.5) is 5.69 Å². The van der Waals surface area contributed by atoms with Crippen LogP contribution < -0.4 is 16.2 Å². The van der Waals surface area contributed by atoms with Gasteiger partial charge < -0.3 is 15.6 Å². The van der Waals surface area contributed by atoms with E-state index in [0.29, 0.717) is 29.4 Å². The third-order valence-corrected chi connectivity index (χ3v) is 6.00. The molecule has 0 fully saturated rings. The summed E-state index contributed by atoms with van der Waals surface area (Å²) in [5.74, 6) is -0.274. The highest BCUT2D eigenvalue weighted by Gasteiger charge is 2.25. The first-order chi connectivity index (χ1) is 15.6. The molecule has 1 aromatic carbocycles. The lowest BCUT2D eigenvalue weighted by molar-refractivity contribution is -0.121. The minimum atomic E-state index is -0.274. The molecule has 0 bridgehead atoms. The molecule has 1 atom stereocenters. The average Bonchev–Trinajstić information content (AvgIpc) is 3.23. The van der Waals surface area contributed by atoms with Crippen LogP contribution in [0.2, 0.25) is 5.02 Å². The Balaban J connectivity index is 1.29. The number of hydrogen-bond acceptors (Lipinski definition) is 5. The number of rotatable bonds is 5. The highest BCUT2D eigenvalue weighted by atomic mass is 35.5. The molecule has 0 spiro atoms. The maximum atomic E-state index is 13.0. The Labute approximate surface area is 188 Å². The minimum Gasteiger partial charge on any atom is -0.372 e. The van der Waals surface area contributed by atoms with E-state index in [4.69, 9.17) is 11.6 Å². The first-order valence-electron chi connectivity index (χ1n) is 10.4. The molecule has 9 heteroatoms. The second-order valence-corrected chi connectivity index (χ2v) is 8.20. The lowest BCUT2D eigenvalue weighted by Gasteiger charge is -2.27. The number of nitrogens with zero attached hydrogens (tertiary/aromatic N) is 3. The summed E-state index contributed by atoms with van der Waals surface area (Å²) in [5, 5.41) is 7.76. The van der Waals surface area contributed by atoms with E-state index in [2.05, 4.69) is 25.6 Å². The Morgan fingerprint density at radius 2 is 2.16 bits per heavy atom. The van der Waals surface area contributed by atoms with Crippen molar-refractivity contribution in [1.29, 1.82) is 0 Å². The first-order valence-corrected chi connectivity index (χ1v) is 10.7. The Hall–Kier alpha value is -3.65. The quantitative estimate of drug-likeness (QED) is 0.435. The van der Waals surface area contributed by atoms with E-state index in [1.54, 1.807) is 12.4 Å². The lowest BCUT2D eigenvalue weighted by Crippen LogP contribution is -2.35. The van der Waals surface area contributed by atoms with Crippen LogP contribution in [0.15, 0.2) is 59.9 Å². The number of hydrogen-bond donors (Lipinski definition) is 3. The zero-order valence-corrected chi connectivity index (χ0v) is 17.9. The number of pyridine rings is 1. The van der Waals surface area contributed by atoms with Gasteiger partial charge in [-0.15, -0.1) is 0 Å². The number of carbonyl (C=O) groups excluding carboxylic acids is 1. The van der Waals surface area contributed by atoms with E-state index >= 15 is 0 Å². The summed E-state index contributed by atoms with van der Waals surface area (Å²) in [5.41, 5.74) is 3.64. The summed E-state index contributed by atoms with van der Waals surface area (Å²) in [4.78, 5) is 37.3. The molecular formula is C23H21ClN6O2. The first kappa shape index (κ1) is 20.3. The van der Waals surface area contributed by atoms with Gasteiger partial charge in [0.05, 0.1) is 24.6 Å². The van der Waals surface area contributed by atoms with Gasteiger partial charge in [-0.25, -0.2) is 4.98 Å². The van der Waals surface area contributed by atoms with Gasteiger partial charge in [-0.2, -0.15) is 0 Å². The number of aromatic amines is 1. The van der Waals surface area contributed by atoms with E-state index in [1.165, 1.54) is 10.9 Å². The van der Waals surface area contributed by atoms with Gasteiger partial charge in [0.15, 0.2) is 0 Å². The summed E-state index contributed by atoms with van der Waals surface area (Å²) in [6.45, 7) is 0.215. The second kappa shape index (κ2) is 8.47. The highest BCUT2D eigenvalue weighted by molar-refractivity contribution is 6.31. The number of halogens is 1. The van der Waals surface area contributed by atoms with Gasteiger partial charge in [-0.05, 0) is 36.6 Å². The van der Waals surface area contributed by atoms with Crippen LogP contribution in [0.5, 0.6) is 0 Å². The summed E-state index contributed by atoms with van der Waals surface area (Å²) in [6, 6.07) is 11.3. The van der Waals surface area contributed by atoms with Crippen molar-refractivity contribution in [3.05, 3.63) is 87.4 Å². The number of H-pyrrole nitrogens is 1. The van der Waals surface area contributed by atoms with Crippen molar-refractivity contribution in [3.8, 4) is 0 Å². The lowest BCUT2D eigenvalue weighted by atomic mass is 9.96. The van der Waals surface area contributed by atoms with Gasteiger partial charge >= 0.3 is 0 Å². The predicted octanol–water partition coefficient (Wildman–Crippen LogP) is 3.19. The molecule has 8 nitrogen and oxygen atoms in total. The van der Waals surface area contributed by atoms with Crippen LogP contribution in [0.25, 0.3) is 10.9 Å². The molecule has 3 aromatic heterocycles. The molecule has 5 rings (SSSR count). The van der Waals surface area contributed by atoms with Crippen molar-refractivity contribution < 1.29 is 4.79 Å². The highest BCUT2D eigenvalue weighted by Crippen LogP contribution is 2.32. The molecule has 3 N–H and O–H groups in total. The number of fused-ring (bicyclic) bond motifs is 2. The van der Waals surface area contributed by atoms with Crippen LogP contribution in [0.1, 0.15) is 29.4 Å². The molecule has 32 heavy (non-hydrogen) atoms. The van der Waals surface area contributed by atoms with Crippen LogP contribution in [0, 0.1) is 0 Å². The van der Waals surface area contributed by atoms with Crippen LogP contribution in [-0.4, -0.2) is 25.4 Å². The fourth-order valence-electron chi connectivity index (χ4n) is 4.02.